The lowest BCUT2D eigenvalue weighted by molar-refractivity contribution is 0.0883. The molecule has 86 valence electrons. The van der Waals surface area contributed by atoms with Crippen molar-refractivity contribution in [1.29, 1.82) is 0 Å². The quantitative estimate of drug-likeness (QED) is 0.864. The Balaban J connectivity index is 2.40. The number of carbonyl (C=O) groups is 1. The summed E-state index contributed by atoms with van der Waals surface area (Å²) in [4.78, 5) is 11.5. The first kappa shape index (κ1) is 11.1. The van der Waals surface area contributed by atoms with E-state index < -0.39 is 0 Å². The van der Waals surface area contributed by atoms with E-state index in [4.69, 9.17) is 21.1 Å². The monoisotopic (exact) mass is 241 g/mol. The van der Waals surface area contributed by atoms with E-state index in [-0.39, 0.29) is 18.7 Å². The summed E-state index contributed by atoms with van der Waals surface area (Å²) in [6.45, 7) is 3.99. The Morgan fingerprint density at radius 1 is 1.50 bits per heavy atom. The van der Waals surface area contributed by atoms with Crippen LogP contribution in [0.15, 0.2) is 12.1 Å². The number of ether oxygens (including phenoxy) is 2. The van der Waals surface area contributed by atoms with Gasteiger partial charge in [-0.25, -0.2) is 0 Å². The molecule has 0 atom stereocenters. The van der Waals surface area contributed by atoms with E-state index in [0.29, 0.717) is 22.1 Å². The van der Waals surface area contributed by atoms with Crippen molar-refractivity contribution < 1.29 is 14.3 Å². The van der Waals surface area contributed by atoms with Gasteiger partial charge in [0.25, 0.3) is 5.91 Å². The van der Waals surface area contributed by atoms with Gasteiger partial charge >= 0.3 is 0 Å². The van der Waals surface area contributed by atoms with Gasteiger partial charge in [0.1, 0.15) is 11.5 Å². The molecular weight excluding hydrogens is 230 g/mol. The molecule has 5 heteroatoms. The second-order valence-corrected chi connectivity index (χ2v) is 4.15. The van der Waals surface area contributed by atoms with Gasteiger partial charge in [0.15, 0.2) is 6.73 Å². The zero-order valence-corrected chi connectivity index (χ0v) is 9.80. The SMILES string of the molecule is CC(C)Oc1cc2c(cc1Cl)C(=O)NCO2. The fourth-order valence-corrected chi connectivity index (χ4v) is 1.66. The molecule has 2 rings (SSSR count). The van der Waals surface area contributed by atoms with E-state index in [9.17, 15) is 4.79 Å². The lowest BCUT2D eigenvalue weighted by atomic mass is 10.1. The minimum atomic E-state index is -0.181. The summed E-state index contributed by atoms with van der Waals surface area (Å²) >= 11 is 6.01. The Bertz CT molecular complexity index is 431. The Morgan fingerprint density at radius 3 is 2.94 bits per heavy atom. The minimum Gasteiger partial charge on any atom is -0.489 e. The van der Waals surface area contributed by atoms with Crippen LogP contribution in [0.3, 0.4) is 0 Å². The van der Waals surface area contributed by atoms with E-state index in [0.717, 1.165) is 0 Å². The van der Waals surface area contributed by atoms with Crippen molar-refractivity contribution in [2.75, 3.05) is 6.73 Å². The summed E-state index contributed by atoms with van der Waals surface area (Å²) in [7, 11) is 0. The molecular formula is C11H12ClNO3. The maximum atomic E-state index is 11.5. The van der Waals surface area contributed by atoms with E-state index in [1.807, 2.05) is 13.8 Å². The van der Waals surface area contributed by atoms with Crippen LogP contribution in [0.2, 0.25) is 5.02 Å². The highest BCUT2D eigenvalue weighted by molar-refractivity contribution is 6.32. The molecule has 0 saturated carbocycles. The second kappa shape index (κ2) is 4.22. The highest BCUT2D eigenvalue weighted by atomic mass is 35.5. The Kier molecular flexibility index (Phi) is 2.92. The second-order valence-electron chi connectivity index (χ2n) is 3.74. The first-order valence-electron chi connectivity index (χ1n) is 4.99. The van der Waals surface area contributed by atoms with Crippen LogP contribution in [-0.4, -0.2) is 18.7 Å². The van der Waals surface area contributed by atoms with Crippen molar-refractivity contribution in [3.8, 4) is 11.5 Å². The predicted molar refractivity (Wildman–Crippen MR) is 60.2 cm³/mol. The number of fused-ring (bicyclic) bond motifs is 1. The molecule has 0 unspecified atom stereocenters. The molecule has 0 aliphatic carbocycles. The Morgan fingerprint density at radius 2 is 2.25 bits per heavy atom. The molecule has 1 heterocycles. The molecule has 0 fully saturated rings. The molecule has 1 aromatic carbocycles. The number of nitrogens with one attached hydrogen (secondary N) is 1. The summed E-state index contributed by atoms with van der Waals surface area (Å²) in [6, 6.07) is 3.21. The summed E-state index contributed by atoms with van der Waals surface area (Å²) in [5, 5.41) is 2.98. The van der Waals surface area contributed by atoms with Gasteiger partial charge in [0.05, 0.1) is 16.7 Å². The molecule has 1 aliphatic rings. The molecule has 0 spiro atoms. The molecule has 0 aromatic heterocycles. The third-order valence-electron chi connectivity index (χ3n) is 2.10. The molecule has 1 aromatic rings. The molecule has 1 amide bonds. The van der Waals surface area contributed by atoms with Gasteiger partial charge in [-0.15, -0.1) is 0 Å². The van der Waals surface area contributed by atoms with Crippen molar-refractivity contribution in [2.45, 2.75) is 20.0 Å². The van der Waals surface area contributed by atoms with E-state index in [2.05, 4.69) is 5.32 Å². The molecule has 4 nitrogen and oxygen atoms in total. The van der Waals surface area contributed by atoms with Crippen LogP contribution in [-0.2, 0) is 0 Å². The largest absolute Gasteiger partial charge is 0.489 e. The number of carbonyl (C=O) groups excluding carboxylic acids is 1. The van der Waals surface area contributed by atoms with E-state index >= 15 is 0 Å². The molecule has 0 saturated heterocycles. The van der Waals surface area contributed by atoms with Gasteiger partial charge in [-0.2, -0.15) is 0 Å². The van der Waals surface area contributed by atoms with Crippen molar-refractivity contribution in [3.05, 3.63) is 22.7 Å². The average Bonchev–Trinajstić information content (AvgIpc) is 2.20. The Labute approximate surface area is 98.5 Å². The van der Waals surface area contributed by atoms with Gasteiger partial charge < -0.3 is 14.8 Å². The van der Waals surface area contributed by atoms with Crippen LogP contribution in [0.4, 0.5) is 0 Å². The van der Waals surface area contributed by atoms with Crippen molar-refractivity contribution >= 4 is 17.5 Å². The lowest BCUT2D eigenvalue weighted by Crippen LogP contribution is -2.32. The van der Waals surface area contributed by atoms with Crippen LogP contribution >= 0.6 is 11.6 Å². The number of hydrogen-bond acceptors (Lipinski definition) is 3. The molecule has 1 aliphatic heterocycles. The summed E-state index contributed by atoms with van der Waals surface area (Å²) in [5.74, 6) is 0.855. The Hall–Kier alpha value is -1.42. The number of benzene rings is 1. The van der Waals surface area contributed by atoms with Crippen molar-refractivity contribution in [1.82, 2.24) is 5.32 Å². The van der Waals surface area contributed by atoms with Gasteiger partial charge in [-0.05, 0) is 19.9 Å². The number of hydrogen-bond donors (Lipinski definition) is 1. The topological polar surface area (TPSA) is 47.6 Å². The fourth-order valence-electron chi connectivity index (χ4n) is 1.45. The smallest absolute Gasteiger partial charge is 0.257 e. The van der Waals surface area contributed by atoms with Gasteiger partial charge in [-0.1, -0.05) is 11.6 Å². The van der Waals surface area contributed by atoms with Crippen LogP contribution in [0.5, 0.6) is 11.5 Å². The number of amides is 1. The average molecular weight is 242 g/mol. The van der Waals surface area contributed by atoms with Crippen LogP contribution in [0.1, 0.15) is 24.2 Å². The highest BCUT2D eigenvalue weighted by Crippen LogP contribution is 2.34. The molecule has 0 radical (unpaired) electrons. The predicted octanol–water partition coefficient (Wildman–Crippen LogP) is 2.21. The number of halogens is 1. The normalized spacial score (nSPS) is 14.1. The molecule has 16 heavy (non-hydrogen) atoms. The highest BCUT2D eigenvalue weighted by Gasteiger charge is 2.20. The first-order chi connectivity index (χ1) is 7.58. The zero-order valence-electron chi connectivity index (χ0n) is 9.04. The summed E-state index contributed by atoms with van der Waals surface area (Å²) in [6.07, 6.45) is 0.0213. The maximum absolute atomic E-state index is 11.5. The lowest BCUT2D eigenvalue weighted by Gasteiger charge is -2.20. The maximum Gasteiger partial charge on any atom is 0.257 e. The van der Waals surface area contributed by atoms with Crippen LogP contribution in [0, 0.1) is 0 Å². The van der Waals surface area contributed by atoms with Crippen LogP contribution in [0.25, 0.3) is 0 Å². The number of rotatable bonds is 2. The fraction of sp³-hybridized carbons (Fsp3) is 0.364. The first-order valence-corrected chi connectivity index (χ1v) is 5.37. The van der Waals surface area contributed by atoms with Gasteiger partial charge in [0, 0.05) is 6.07 Å². The molecule has 1 N–H and O–H groups in total. The van der Waals surface area contributed by atoms with Crippen molar-refractivity contribution in [2.24, 2.45) is 0 Å². The van der Waals surface area contributed by atoms with Gasteiger partial charge in [0.2, 0.25) is 0 Å². The summed E-state index contributed by atoms with van der Waals surface area (Å²) in [5.41, 5.74) is 0.437. The van der Waals surface area contributed by atoms with Crippen molar-refractivity contribution in [3.63, 3.8) is 0 Å². The third-order valence-corrected chi connectivity index (χ3v) is 2.40. The summed E-state index contributed by atoms with van der Waals surface area (Å²) < 4.78 is 10.8. The van der Waals surface area contributed by atoms with Crippen LogP contribution < -0.4 is 14.8 Å². The van der Waals surface area contributed by atoms with E-state index in [1.165, 1.54) is 0 Å². The minimum absolute atomic E-state index is 0.0213. The van der Waals surface area contributed by atoms with E-state index in [1.54, 1.807) is 12.1 Å². The standard InChI is InChI=1S/C11H12ClNO3/c1-6(2)16-10-4-9-7(3-8(10)12)11(14)13-5-15-9/h3-4,6H,5H2,1-2H3,(H,13,14). The third kappa shape index (κ3) is 2.07. The zero-order chi connectivity index (χ0) is 11.7. The molecule has 0 bridgehead atoms. The van der Waals surface area contributed by atoms with Gasteiger partial charge in [-0.3, -0.25) is 4.79 Å².